The van der Waals surface area contributed by atoms with Gasteiger partial charge >= 0.3 is 0 Å². The Kier molecular flexibility index (Phi) is 3.69. The van der Waals surface area contributed by atoms with Gasteiger partial charge in [-0.1, -0.05) is 0 Å². The molecule has 0 aliphatic rings. The Labute approximate surface area is 110 Å². The van der Waals surface area contributed by atoms with E-state index in [1.165, 1.54) is 12.3 Å². The lowest BCUT2D eigenvalue weighted by Gasteiger charge is -2.05. The van der Waals surface area contributed by atoms with E-state index in [2.05, 4.69) is 25.9 Å². The average Bonchev–Trinajstić information content (AvgIpc) is 2.36. The second-order valence-corrected chi connectivity index (χ2v) is 4.29. The first kappa shape index (κ1) is 12.4. The molecule has 1 aromatic heterocycles. The van der Waals surface area contributed by atoms with Crippen LogP contribution < -0.4 is 0 Å². The molecule has 1 aromatic carbocycles. The van der Waals surface area contributed by atoms with Gasteiger partial charge in [-0.25, -0.2) is 18.7 Å². The van der Waals surface area contributed by atoms with Crippen molar-refractivity contribution in [3.05, 3.63) is 46.2 Å². The molecule has 0 spiro atoms. The standard InChI is InChI=1S/C11H6BrClF2N2/c12-9-7(1-2-8(14)10(9)15)11-16-4-3-6(5-13)17-11/h1-4H,5H2. The minimum absolute atomic E-state index is 0.00391. The fourth-order valence-electron chi connectivity index (χ4n) is 1.30. The number of hydrogen-bond acceptors (Lipinski definition) is 2. The maximum atomic E-state index is 13.4. The zero-order chi connectivity index (χ0) is 12.4. The molecule has 88 valence electrons. The molecule has 0 bridgehead atoms. The van der Waals surface area contributed by atoms with Gasteiger partial charge in [-0.2, -0.15) is 0 Å². The summed E-state index contributed by atoms with van der Waals surface area (Å²) in [6, 6.07) is 4.10. The van der Waals surface area contributed by atoms with Crippen molar-refractivity contribution >= 4 is 27.5 Å². The molecule has 0 saturated carbocycles. The van der Waals surface area contributed by atoms with Crippen LogP contribution in [-0.4, -0.2) is 9.97 Å². The Hall–Kier alpha value is -1.07. The van der Waals surface area contributed by atoms with Crippen LogP contribution in [0.5, 0.6) is 0 Å². The third kappa shape index (κ3) is 2.45. The fourth-order valence-corrected chi connectivity index (χ4v) is 1.95. The summed E-state index contributed by atoms with van der Waals surface area (Å²) >= 11 is 8.63. The lowest BCUT2D eigenvalue weighted by atomic mass is 10.2. The molecule has 1 heterocycles. The van der Waals surface area contributed by atoms with Crippen molar-refractivity contribution in [3.8, 4) is 11.4 Å². The lowest BCUT2D eigenvalue weighted by molar-refractivity contribution is 0.504. The van der Waals surface area contributed by atoms with E-state index in [0.717, 1.165) is 6.07 Å². The van der Waals surface area contributed by atoms with Gasteiger partial charge in [0.15, 0.2) is 17.5 Å². The zero-order valence-corrected chi connectivity index (χ0v) is 10.8. The molecule has 2 rings (SSSR count). The van der Waals surface area contributed by atoms with Crippen molar-refractivity contribution in [1.29, 1.82) is 0 Å². The van der Waals surface area contributed by atoms with Gasteiger partial charge in [0.05, 0.1) is 16.0 Å². The molecule has 0 aliphatic heterocycles. The molecule has 6 heteroatoms. The number of benzene rings is 1. The van der Waals surface area contributed by atoms with Crippen LogP contribution in [0.1, 0.15) is 5.69 Å². The SMILES string of the molecule is Fc1ccc(-c2nccc(CCl)n2)c(Br)c1F. The first-order valence-electron chi connectivity index (χ1n) is 4.65. The van der Waals surface area contributed by atoms with Crippen LogP contribution in [0, 0.1) is 11.6 Å². The summed E-state index contributed by atoms with van der Waals surface area (Å²) < 4.78 is 26.3. The van der Waals surface area contributed by atoms with Gasteiger partial charge in [0, 0.05) is 11.8 Å². The Morgan fingerprint density at radius 3 is 2.71 bits per heavy atom. The van der Waals surface area contributed by atoms with E-state index in [9.17, 15) is 8.78 Å². The zero-order valence-electron chi connectivity index (χ0n) is 8.42. The number of halogens is 4. The molecule has 0 atom stereocenters. The molecular weight excluding hydrogens is 313 g/mol. The highest BCUT2D eigenvalue weighted by atomic mass is 79.9. The molecular formula is C11H6BrClF2N2. The Morgan fingerprint density at radius 1 is 1.24 bits per heavy atom. The van der Waals surface area contributed by atoms with Crippen LogP contribution in [0.15, 0.2) is 28.9 Å². The molecule has 0 unspecified atom stereocenters. The molecule has 2 aromatic rings. The van der Waals surface area contributed by atoms with Crippen LogP contribution in [0.3, 0.4) is 0 Å². The maximum Gasteiger partial charge on any atom is 0.173 e. The summed E-state index contributed by atoms with van der Waals surface area (Å²) in [6.45, 7) is 0. The van der Waals surface area contributed by atoms with Crippen molar-refractivity contribution in [3.63, 3.8) is 0 Å². The predicted octanol–water partition coefficient (Wildman–Crippen LogP) is 3.92. The number of rotatable bonds is 2. The van der Waals surface area contributed by atoms with Crippen molar-refractivity contribution in [2.45, 2.75) is 5.88 Å². The number of aromatic nitrogens is 2. The largest absolute Gasteiger partial charge is 0.237 e. The highest BCUT2D eigenvalue weighted by Crippen LogP contribution is 2.29. The Morgan fingerprint density at radius 2 is 2.00 bits per heavy atom. The highest BCUT2D eigenvalue weighted by Gasteiger charge is 2.14. The third-order valence-corrected chi connectivity index (χ3v) is 3.18. The van der Waals surface area contributed by atoms with Crippen LogP contribution in [-0.2, 0) is 5.88 Å². The predicted molar refractivity (Wildman–Crippen MR) is 64.6 cm³/mol. The Balaban J connectivity index is 2.56. The van der Waals surface area contributed by atoms with E-state index in [4.69, 9.17) is 11.6 Å². The van der Waals surface area contributed by atoms with E-state index in [1.54, 1.807) is 6.07 Å². The fraction of sp³-hybridized carbons (Fsp3) is 0.0909. The quantitative estimate of drug-likeness (QED) is 0.619. The summed E-state index contributed by atoms with van der Waals surface area (Å²) in [4.78, 5) is 8.13. The summed E-state index contributed by atoms with van der Waals surface area (Å²) in [5.41, 5.74) is 1.00. The topological polar surface area (TPSA) is 25.8 Å². The first-order chi connectivity index (χ1) is 8.13. The van der Waals surface area contributed by atoms with Crippen molar-refractivity contribution in [2.24, 2.45) is 0 Å². The smallest absolute Gasteiger partial charge is 0.173 e. The molecule has 0 N–H and O–H groups in total. The van der Waals surface area contributed by atoms with E-state index in [1.807, 2.05) is 0 Å². The van der Waals surface area contributed by atoms with Crippen LogP contribution in [0.4, 0.5) is 8.78 Å². The van der Waals surface area contributed by atoms with E-state index < -0.39 is 11.6 Å². The normalized spacial score (nSPS) is 10.6. The second kappa shape index (κ2) is 5.06. The molecule has 0 saturated heterocycles. The average molecular weight is 320 g/mol. The van der Waals surface area contributed by atoms with Crippen LogP contribution in [0.25, 0.3) is 11.4 Å². The summed E-state index contributed by atoms with van der Waals surface area (Å²) in [5, 5.41) is 0. The Bertz CT molecular complexity index is 563. The van der Waals surface area contributed by atoms with Crippen LogP contribution in [0.2, 0.25) is 0 Å². The van der Waals surface area contributed by atoms with Gasteiger partial charge in [0.25, 0.3) is 0 Å². The lowest BCUT2D eigenvalue weighted by Crippen LogP contribution is -1.96. The number of nitrogens with zero attached hydrogens (tertiary/aromatic N) is 2. The van der Waals surface area contributed by atoms with E-state index in [0.29, 0.717) is 17.1 Å². The van der Waals surface area contributed by atoms with Crippen molar-refractivity contribution < 1.29 is 8.78 Å². The summed E-state index contributed by atoms with van der Waals surface area (Å²) in [5.74, 6) is -1.35. The molecule has 17 heavy (non-hydrogen) atoms. The van der Waals surface area contributed by atoms with Gasteiger partial charge in [-0.3, -0.25) is 0 Å². The summed E-state index contributed by atoms with van der Waals surface area (Å²) in [6.07, 6.45) is 1.52. The summed E-state index contributed by atoms with van der Waals surface area (Å²) in [7, 11) is 0. The highest BCUT2D eigenvalue weighted by molar-refractivity contribution is 9.10. The van der Waals surface area contributed by atoms with Gasteiger partial charge in [-0.15, -0.1) is 11.6 Å². The van der Waals surface area contributed by atoms with Crippen molar-refractivity contribution in [2.75, 3.05) is 0 Å². The maximum absolute atomic E-state index is 13.4. The number of alkyl halides is 1. The molecule has 0 amide bonds. The van der Waals surface area contributed by atoms with Gasteiger partial charge in [0.2, 0.25) is 0 Å². The molecule has 0 radical (unpaired) electrons. The third-order valence-electron chi connectivity index (χ3n) is 2.13. The van der Waals surface area contributed by atoms with Gasteiger partial charge in [-0.05, 0) is 34.1 Å². The monoisotopic (exact) mass is 318 g/mol. The van der Waals surface area contributed by atoms with E-state index >= 15 is 0 Å². The second-order valence-electron chi connectivity index (χ2n) is 3.23. The number of hydrogen-bond donors (Lipinski definition) is 0. The van der Waals surface area contributed by atoms with Gasteiger partial charge < -0.3 is 0 Å². The molecule has 2 nitrogen and oxygen atoms in total. The van der Waals surface area contributed by atoms with Crippen LogP contribution >= 0.6 is 27.5 Å². The van der Waals surface area contributed by atoms with Crippen molar-refractivity contribution in [1.82, 2.24) is 9.97 Å². The van der Waals surface area contributed by atoms with Gasteiger partial charge in [0.1, 0.15) is 0 Å². The minimum atomic E-state index is -0.956. The molecule has 0 fully saturated rings. The first-order valence-corrected chi connectivity index (χ1v) is 5.98. The molecule has 0 aliphatic carbocycles. The minimum Gasteiger partial charge on any atom is -0.237 e. The van der Waals surface area contributed by atoms with E-state index in [-0.39, 0.29) is 10.4 Å².